The van der Waals surface area contributed by atoms with Gasteiger partial charge in [-0.1, -0.05) is 15.9 Å². The van der Waals surface area contributed by atoms with Gasteiger partial charge in [0.25, 0.3) is 0 Å². The number of thiazole rings is 1. The number of aromatic nitrogens is 1. The van der Waals surface area contributed by atoms with Gasteiger partial charge < -0.3 is 5.11 Å². The molecule has 1 aliphatic rings. The first-order valence-corrected chi connectivity index (χ1v) is 8.84. The van der Waals surface area contributed by atoms with E-state index in [2.05, 4.69) is 20.9 Å². The predicted octanol–water partition coefficient (Wildman–Crippen LogP) is 4.77. The zero-order valence-corrected chi connectivity index (χ0v) is 13.7. The minimum Gasteiger partial charge on any atom is -0.477 e. The van der Waals surface area contributed by atoms with Crippen molar-refractivity contribution >= 4 is 45.0 Å². The second-order valence-corrected chi connectivity index (χ2v) is 7.69. The average molecular weight is 370 g/mol. The lowest BCUT2D eigenvalue weighted by Crippen LogP contribution is -1.97. The van der Waals surface area contributed by atoms with Crippen molar-refractivity contribution in [2.45, 2.75) is 29.4 Å². The van der Waals surface area contributed by atoms with E-state index in [1.54, 1.807) is 11.8 Å². The topological polar surface area (TPSA) is 50.2 Å². The summed E-state index contributed by atoms with van der Waals surface area (Å²) < 4.78 is 1.06. The summed E-state index contributed by atoms with van der Waals surface area (Å²) in [5, 5.41) is 10.1. The van der Waals surface area contributed by atoms with E-state index in [0.717, 1.165) is 38.7 Å². The smallest absolute Gasteiger partial charge is 0.347 e. The lowest BCUT2D eigenvalue weighted by Gasteiger charge is -1.99. The quantitative estimate of drug-likeness (QED) is 0.770. The van der Waals surface area contributed by atoms with Crippen LogP contribution in [0.1, 0.15) is 39.1 Å². The largest absolute Gasteiger partial charge is 0.477 e. The Hall–Kier alpha value is -0.850. The van der Waals surface area contributed by atoms with Gasteiger partial charge in [0, 0.05) is 15.3 Å². The zero-order valence-electron chi connectivity index (χ0n) is 10.5. The summed E-state index contributed by atoms with van der Waals surface area (Å²) in [7, 11) is 0. The van der Waals surface area contributed by atoms with Crippen molar-refractivity contribution in [1.82, 2.24) is 4.98 Å². The highest BCUT2D eigenvalue weighted by atomic mass is 79.9. The zero-order chi connectivity index (χ0) is 14.1. The van der Waals surface area contributed by atoms with Crippen LogP contribution in [-0.2, 0) is 5.75 Å². The molecule has 3 nitrogen and oxygen atoms in total. The van der Waals surface area contributed by atoms with Gasteiger partial charge in [0.1, 0.15) is 9.88 Å². The van der Waals surface area contributed by atoms with Crippen molar-refractivity contribution in [2.75, 3.05) is 0 Å². The molecule has 1 aliphatic carbocycles. The highest BCUT2D eigenvalue weighted by Crippen LogP contribution is 2.43. The third kappa shape index (κ3) is 3.24. The lowest BCUT2D eigenvalue weighted by atomic mass is 10.2. The molecule has 0 unspecified atom stereocenters. The van der Waals surface area contributed by atoms with E-state index in [-0.39, 0.29) is 0 Å². The molecule has 0 amide bonds. The summed E-state index contributed by atoms with van der Waals surface area (Å²) in [6.07, 6.45) is 2.15. The normalized spacial score (nSPS) is 14.4. The molecule has 6 heteroatoms. The van der Waals surface area contributed by atoms with E-state index in [0.29, 0.717) is 10.8 Å². The predicted molar refractivity (Wildman–Crippen MR) is 84.8 cm³/mol. The Labute approximate surface area is 133 Å². The van der Waals surface area contributed by atoms with Gasteiger partial charge >= 0.3 is 5.97 Å². The number of hydrogen-bond acceptors (Lipinski definition) is 4. The summed E-state index contributed by atoms with van der Waals surface area (Å²) in [5.74, 6) is 0.257. The fourth-order valence-corrected chi connectivity index (χ4v) is 4.05. The van der Waals surface area contributed by atoms with E-state index in [1.165, 1.54) is 11.3 Å². The molecule has 1 aromatic carbocycles. The number of rotatable bonds is 5. The van der Waals surface area contributed by atoms with Gasteiger partial charge in [0.2, 0.25) is 0 Å². The summed E-state index contributed by atoms with van der Waals surface area (Å²) in [5.41, 5.74) is 0.800. The minimum absolute atomic E-state index is 0.379. The van der Waals surface area contributed by atoms with Crippen molar-refractivity contribution in [3.8, 4) is 0 Å². The molecular formula is C14H12BrNO2S2. The second kappa shape index (κ2) is 5.87. The van der Waals surface area contributed by atoms with Gasteiger partial charge in [-0.15, -0.1) is 23.1 Å². The maximum Gasteiger partial charge on any atom is 0.347 e. The maximum atomic E-state index is 11.2. The number of carbonyl (C=O) groups is 1. The van der Waals surface area contributed by atoms with Crippen LogP contribution in [0, 0.1) is 0 Å². The fourth-order valence-electron chi connectivity index (χ4n) is 1.90. The molecule has 0 atom stereocenters. The molecular weight excluding hydrogens is 358 g/mol. The standard InChI is InChI=1S/C14H12BrNO2S2/c15-9-3-5-10(6-4-9)19-7-11-16-12(8-1-2-8)13(20-11)14(17)18/h3-6,8H,1-2,7H2,(H,17,18). The Morgan fingerprint density at radius 1 is 1.40 bits per heavy atom. The van der Waals surface area contributed by atoms with Crippen LogP contribution >= 0.6 is 39.0 Å². The summed E-state index contributed by atoms with van der Waals surface area (Å²) >= 11 is 6.41. The first-order valence-electron chi connectivity index (χ1n) is 6.25. The van der Waals surface area contributed by atoms with Crippen LogP contribution in [0.3, 0.4) is 0 Å². The molecule has 20 heavy (non-hydrogen) atoms. The molecule has 1 heterocycles. The molecule has 3 rings (SSSR count). The van der Waals surface area contributed by atoms with Gasteiger partial charge in [-0.2, -0.15) is 0 Å². The van der Waals surface area contributed by atoms with Crippen LogP contribution in [0.25, 0.3) is 0 Å². The average Bonchev–Trinajstić information content (AvgIpc) is 3.18. The summed E-state index contributed by atoms with van der Waals surface area (Å²) in [6.45, 7) is 0. The highest BCUT2D eigenvalue weighted by Gasteiger charge is 2.31. The van der Waals surface area contributed by atoms with E-state index in [9.17, 15) is 9.90 Å². The number of halogens is 1. The molecule has 2 aromatic rings. The Morgan fingerprint density at radius 2 is 2.10 bits per heavy atom. The number of nitrogens with zero attached hydrogens (tertiary/aromatic N) is 1. The van der Waals surface area contributed by atoms with Crippen LogP contribution in [-0.4, -0.2) is 16.1 Å². The first-order chi connectivity index (χ1) is 9.63. The first kappa shape index (κ1) is 14.1. The Kier molecular flexibility index (Phi) is 4.14. The van der Waals surface area contributed by atoms with Crippen molar-refractivity contribution in [3.05, 3.63) is 44.3 Å². The molecule has 1 saturated carbocycles. The van der Waals surface area contributed by atoms with Crippen molar-refractivity contribution < 1.29 is 9.90 Å². The number of carboxylic acid groups (broad SMARTS) is 1. The lowest BCUT2D eigenvalue weighted by molar-refractivity contribution is 0.0700. The van der Waals surface area contributed by atoms with Gasteiger partial charge in [0.15, 0.2) is 0 Å². The molecule has 0 aliphatic heterocycles. The van der Waals surface area contributed by atoms with E-state index < -0.39 is 5.97 Å². The van der Waals surface area contributed by atoms with Crippen LogP contribution in [0.15, 0.2) is 33.6 Å². The van der Waals surface area contributed by atoms with E-state index in [4.69, 9.17) is 0 Å². The van der Waals surface area contributed by atoms with Crippen molar-refractivity contribution in [1.29, 1.82) is 0 Å². The maximum absolute atomic E-state index is 11.2. The molecule has 1 aromatic heterocycles. The summed E-state index contributed by atoms with van der Waals surface area (Å²) in [4.78, 5) is 17.4. The number of thioether (sulfide) groups is 1. The Balaban J connectivity index is 1.72. The van der Waals surface area contributed by atoms with E-state index >= 15 is 0 Å². The van der Waals surface area contributed by atoms with Crippen LogP contribution in [0.4, 0.5) is 0 Å². The van der Waals surface area contributed by atoms with Gasteiger partial charge in [0.05, 0.1) is 11.4 Å². The molecule has 0 spiro atoms. The highest BCUT2D eigenvalue weighted by molar-refractivity contribution is 9.10. The SMILES string of the molecule is O=C(O)c1sc(CSc2ccc(Br)cc2)nc1C1CC1. The van der Waals surface area contributed by atoms with Crippen LogP contribution in [0.2, 0.25) is 0 Å². The molecule has 0 radical (unpaired) electrons. The molecule has 104 valence electrons. The van der Waals surface area contributed by atoms with Crippen molar-refractivity contribution in [3.63, 3.8) is 0 Å². The molecule has 1 N–H and O–H groups in total. The van der Waals surface area contributed by atoms with Crippen LogP contribution in [0.5, 0.6) is 0 Å². The van der Waals surface area contributed by atoms with Gasteiger partial charge in [-0.05, 0) is 37.1 Å². The van der Waals surface area contributed by atoms with E-state index in [1.807, 2.05) is 24.3 Å². The molecule has 0 bridgehead atoms. The fraction of sp³-hybridized carbons (Fsp3) is 0.286. The molecule has 1 fully saturated rings. The monoisotopic (exact) mass is 369 g/mol. The Bertz CT molecular complexity index is 635. The third-order valence-corrected chi connectivity index (χ3v) is 5.83. The second-order valence-electron chi connectivity index (χ2n) is 4.64. The van der Waals surface area contributed by atoms with Crippen molar-refractivity contribution in [2.24, 2.45) is 0 Å². The number of aromatic carboxylic acids is 1. The number of carboxylic acids is 1. The number of hydrogen-bond donors (Lipinski definition) is 1. The summed E-state index contributed by atoms with van der Waals surface area (Å²) in [6, 6.07) is 8.09. The molecule has 0 saturated heterocycles. The Morgan fingerprint density at radius 3 is 2.70 bits per heavy atom. The van der Waals surface area contributed by atoms with Crippen LogP contribution < -0.4 is 0 Å². The van der Waals surface area contributed by atoms with Gasteiger partial charge in [-0.25, -0.2) is 9.78 Å². The van der Waals surface area contributed by atoms with Gasteiger partial charge in [-0.3, -0.25) is 0 Å². The minimum atomic E-state index is -0.843. The third-order valence-electron chi connectivity index (χ3n) is 3.03. The number of benzene rings is 1.